The first-order chi connectivity index (χ1) is 12.7. The second kappa shape index (κ2) is 7.97. The highest BCUT2D eigenvalue weighted by Gasteiger charge is 2.21. The van der Waals surface area contributed by atoms with Gasteiger partial charge in [-0.15, -0.1) is 0 Å². The number of fused-ring (bicyclic) bond motifs is 1. The molecule has 0 fully saturated rings. The van der Waals surface area contributed by atoms with Gasteiger partial charge < -0.3 is 29.4 Å². The Kier molecular flexibility index (Phi) is 5.48. The molecule has 0 radical (unpaired) electrons. The largest absolute Gasteiger partial charge is 0.497 e. The fourth-order valence-electron chi connectivity index (χ4n) is 2.76. The molecule has 1 aliphatic heterocycles. The minimum Gasteiger partial charge on any atom is -0.497 e. The molecular weight excluding hydrogens is 336 g/mol. The summed E-state index contributed by atoms with van der Waals surface area (Å²) < 4.78 is 21.6. The van der Waals surface area contributed by atoms with Crippen molar-refractivity contribution in [2.45, 2.75) is 6.17 Å². The topological polar surface area (TPSA) is 81.5 Å². The van der Waals surface area contributed by atoms with Crippen molar-refractivity contribution < 1.29 is 24.1 Å². The van der Waals surface area contributed by atoms with Gasteiger partial charge in [-0.3, -0.25) is 4.99 Å². The number of aliphatic imine (C=N–C) groups is 1. The van der Waals surface area contributed by atoms with Crippen LogP contribution in [0.4, 0.5) is 5.69 Å². The summed E-state index contributed by atoms with van der Waals surface area (Å²) in [6.07, 6.45) is 1.47. The first-order valence-electron chi connectivity index (χ1n) is 8.17. The van der Waals surface area contributed by atoms with Gasteiger partial charge >= 0.3 is 0 Å². The second-order valence-corrected chi connectivity index (χ2v) is 5.63. The van der Waals surface area contributed by atoms with E-state index in [1.54, 1.807) is 33.6 Å². The Balaban J connectivity index is 1.94. The molecule has 2 N–H and O–H groups in total. The SMILES string of the molecule is COc1cc(OCCO)cc(C2N=Cc3c(cc(OC)cc3OC)N2)c1. The average molecular weight is 358 g/mol. The number of methoxy groups -OCH3 is 3. The zero-order valence-corrected chi connectivity index (χ0v) is 15.0. The summed E-state index contributed by atoms with van der Waals surface area (Å²) in [4.78, 5) is 4.58. The van der Waals surface area contributed by atoms with E-state index in [1.165, 1.54) is 0 Å². The van der Waals surface area contributed by atoms with Gasteiger partial charge in [-0.25, -0.2) is 0 Å². The molecule has 1 unspecified atom stereocenters. The molecule has 1 atom stereocenters. The van der Waals surface area contributed by atoms with E-state index >= 15 is 0 Å². The van der Waals surface area contributed by atoms with Crippen LogP contribution in [0.2, 0.25) is 0 Å². The lowest BCUT2D eigenvalue weighted by molar-refractivity contribution is 0.201. The smallest absolute Gasteiger partial charge is 0.144 e. The fraction of sp³-hybridized carbons (Fsp3) is 0.316. The number of nitrogens with one attached hydrogen (secondary N) is 1. The molecule has 1 aliphatic rings. The second-order valence-electron chi connectivity index (χ2n) is 5.63. The average Bonchev–Trinajstić information content (AvgIpc) is 2.70. The van der Waals surface area contributed by atoms with Crippen LogP contribution in [0.3, 0.4) is 0 Å². The molecule has 26 heavy (non-hydrogen) atoms. The highest BCUT2D eigenvalue weighted by atomic mass is 16.5. The third-order valence-corrected chi connectivity index (χ3v) is 4.03. The number of ether oxygens (including phenoxy) is 4. The van der Waals surface area contributed by atoms with Crippen LogP contribution in [0.5, 0.6) is 23.0 Å². The fourth-order valence-corrected chi connectivity index (χ4v) is 2.76. The molecule has 1 heterocycles. The lowest BCUT2D eigenvalue weighted by atomic mass is 10.1. The molecule has 0 aliphatic carbocycles. The zero-order chi connectivity index (χ0) is 18.5. The van der Waals surface area contributed by atoms with Gasteiger partial charge in [0.05, 0.1) is 39.2 Å². The first kappa shape index (κ1) is 17.9. The van der Waals surface area contributed by atoms with Gasteiger partial charge in [0.25, 0.3) is 0 Å². The molecule has 138 valence electrons. The van der Waals surface area contributed by atoms with Crippen LogP contribution in [0.15, 0.2) is 35.3 Å². The van der Waals surface area contributed by atoms with E-state index in [-0.39, 0.29) is 19.4 Å². The lowest BCUT2D eigenvalue weighted by Crippen LogP contribution is -2.15. The normalized spacial score (nSPS) is 15.0. The molecule has 2 aromatic rings. The van der Waals surface area contributed by atoms with Gasteiger partial charge in [0, 0.05) is 30.0 Å². The summed E-state index contributed by atoms with van der Waals surface area (Å²) in [5, 5.41) is 12.3. The van der Waals surface area contributed by atoms with Crippen LogP contribution >= 0.6 is 0 Å². The zero-order valence-electron chi connectivity index (χ0n) is 15.0. The molecule has 0 saturated heterocycles. The van der Waals surface area contributed by atoms with Crippen molar-refractivity contribution in [2.75, 3.05) is 39.9 Å². The van der Waals surface area contributed by atoms with E-state index in [0.717, 1.165) is 16.8 Å². The van der Waals surface area contributed by atoms with Gasteiger partial charge in [-0.05, 0) is 12.1 Å². The predicted octanol–water partition coefficient (Wildman–Crippen LogP) is 2.63. The minimum atomic E-state index is -0.314. The third kappa shape index (κ3) is 3.67. The number of anilines is 1. The van der Waals surface area contributed by atoms with E-state index in [0.29, 0.717) is 23.0 Å². The van der Waals surface area contributed by atoms with Crippen molar-refractivity contribution >= 4 is 11.9 Å². The summed E-state index contributed by atoms with van der Waals surface area (Å²) in [6.45, 7) is 0.157. The van der Waals surface area contributed by atoms with Crippen LogP contribution in [0.1, 0.15) is 17.3 Å². The molecular formula is C19H22N2O5. The Labute approximate surface area is 152 Å². The first-order valence-corrected chi connectivity index (χ1v) is 8.17. The Morgan fingerprint density at radius 2 is 1.69 bits per heavy atom. The number of aliphatic hydroxyl groups excluding tert-OH is 1. The van der Waals surface area contributed by atoms with E-state index in [2.05, 4.69) is 10.3 Å². The van der Waals surface area contributed by atoms with Gasteiger partial charge in [0.2, 0.25) is 0 Å². The Bertz CT molecular complexity index is 807. The number of rotatable bonds is 7. The van der Waals surface area contributed by atoms with E-state index in [4.69, 9.17) is 24.1 Å². The van der Waals surface area contributed by atoms with Gasteiger partial charge in [0.1, 0.15) is 35.8 Å². The van der Waals surface area contributed by atoms with Crippen LogP contribution < -0.4 is 24.3 Å². The molecule has 7 nitrogen and oxygen atoms in total. The van der Waals surface area contributed by atoms with E-state index in [9.17, 15) is 0 Å². The van der Waals surface area contributed by atoms with Gasteiger partial charge in [0.15, 0.2) is 0 Å². The quantitative estimate of drug-likeness (QED) is 0.792. The Hall–Kier alpha value is -2.93. The lowest BCUT2D eigenvalue weighted by Gasteiger charge is -2.24. The maximum atomic E-state index is 8.96. The van der Waals surface area contributed by atoms with Crippen LogP contribution in [0.25, 0.3) is 0 Å². The predicted molar refractivity (Wildman–Crippen MR) is 99.1 cm³/mol. The number of aliphatic hydroxyl groups is 1. The summed E-state index contributed by atoms with van der Waals surface area (Å²) in [7, 11) is 4.82. The maximum absolute atomic E-state index is 8.96. The van der Waals surface area contributed by atoms with Crippen molar-refractivity contribution in [3.8, 4) is 23.0 Å². The molecule has 0 amide bonds. The monoisotopic (exact) mass is 358 g/mol. The highest BCUT2D eigenvalue weighted by Crippen LogP contribution is 2.37. The van der Waals surface area contributed by atoms with Gasteiger partial charge in [-0.1, -0.05) is 0 Å². The summed E-state index contributed by atoms with van der Waals surface area (Å²) in [5.74, 6) is 2.65. The number of nitrogens with zero attached hydrogens (tertiary/aromatic N) is 1. The molecule has 0 saturated carbocycles. The van der Waals surface area contributed by atoms with E-state index in [1.807, 2.05) is 24.3 Å². The molecule has 0 bridgehead atoms. The van der Waals surface area contributed by atoms with Crippen molar-refractivity contribution in [1.82, 2.24) is 0 Å². The van der Waals surface area contributed by atoms with Crippen molar-refractivity contribution in [3.05, 3.63) is 41.5 Å². The van der Waals surface area contributed by atoms with Crippen LogP contribution in [0, 0.1) is 0 Å². The number of hydrogen-bond acceptors (Lipinski definition) is 7. The van der Waals surface area contributed by atoms with Crippen molar-refractivity contribution in [2.24, 2.45) is 4.99 Å². The highest BCUT2D eigenvalue weighted by molar-refractivity contribution is 5.94. The standard InChI is InChI=1S/C19H22N2O5/c1-23-13-6-12(7-15(8-13)26-5-4-22)19-20-11-16-17(21-19)9-14(24-2)10-18(16)25-3/h6-11,19,21-22H,4-5H2,1-3H3. The number of benzene rings is 2. The maximum Gasteiger partial charge on any atom is 0.144 e. The van der Waals surface area contributed by atoms with Crippen molar-refractivity contribution in [3.63, 3.8) is 0 Å². The summed E-state index contributed by atoms with van der Waals surface area (Å²) in [6, 6.07) is 9.25. The van der Waals surface area contributed by atoms with Gasteiger partial charge in [-0.2, -0.15) is 0 Å². The molecule has 3 rings (SSSR count). The molecule has 0 aromatic heterocycles. The molecule has 7 heteroatoms. The summed E-state index contributed by atoms with van der Waals surface area (Å²) >= 11 is 0. The van der Waals surface area contributed by atoms with Crippen LogP contribution in [-0.4, -0.2) is 45.9 Å². The Morgan fingerprint density at radius 3 is 2.38 bits per heavy atom. The van der Waals surface area contributed by atoms with Crippen LogP contribution in [-0.2, 0) is 0 Å². The minimum absolute atomic E-state index is 0.0562. The van der Waals surface area contributed by atoms with Crippen molar-refractivity contribution in [1.29, 1.82) is 0 Å². The van der Waals surface area contributed by atoms with E-state index < -0.39 is 0 Å². The Morgan fingerprint density at radius 1 is 0.962 bits per heavy atom. The summed E-state index contributed by atoms with van der Waals surface area (Å²) in [5.41, 5.74) is 2.60. The number of hydrogen-bond donors (Lipinski definition) is 2. The molecule has 0 spiro atoms. The third-order valence-electron chi connectivity index (χ3n) is 4.03. The molecule has 2 aromatic carbocycles.